The van der Waals surface area contributed by atoms with Crippen LogP contribution < -0.4 is 16.2 Å². The van der Waals surface area contributed by atoms with Crippen molar-refractivity contribution < 1.29 is 4.74 Å². The maximum absolute atomic E-state index is 6.03. The van der Waals surface area contributed by atoms with E-state index in [9.17, 15) is 0 Å². The number of benzene rings is 1. The van der Waals surface area contributed by atoms with Gasteiger partial charge in [0.05, 0.1) is 6.61 Å². The zero-order valence-corrected chi connectivity index (χ0v) is 9.66. The maximum atomic E-state index is 6.03. The van der Waals surface area contributed by atoms with Crippen LogP contribution >= 0.6 is 0 Å². The lowest BCUT2D eigenvalue weighted by atomic mass is 9.90. The Kier molecular flexibility index (Phi) is 3.72. The normalized spacial score (nSPS) is 13.7. The van der Waals surface area contributed by atoms with E-state index >= 15 is 0 Å². The summed E-state index contributed by atoms with van der Waals surface area (Å²) in [6.45, 7) is 6.48. The van der Waals surface area contributed by atoms with Gasteiger partial charge >= 0.3 is 0 Å². The molecule has 0 aliphatic rings. The van der Waals surface area contributed by atoms with Crippen molar-refractivity contribution in [1.82, 2.24) is 0 Å². The lowest BCUT2D eigenvalue weighted by Crippen LogP contribution is -2.43. The summed E-state index contributed by atoms with van der Waals surface area (Å²) in [5, 5.41) is 0. The van der Waals surface area contributed by atoms with E-state index in [1.54, 1.807) is 0 Å². The summed E-state index contributed by atoms with van der Waals surface area (Å²) in [4.78, 5) is 0. The van der Waals surface area contributed by atoms with Crippen molar-refractivity contribution in [3.63, 3.8) is 0 Å². The van der Waals surface area contributed by atoms with E-state index in [0.717, 1.165) is 11.3 Å². The molecule has 1 rings (SSSR count). The molecule has 1 atom stereocenters. The van der Waals surface area contributed by atoms with Gasteiger partial charge in [0.15, 0.2) is 0 Å². The van der Waals surface area contributed by atoms with Crippen molar-refractivity contribution in [3.05, 3.63) is 29.8 Å². The Morgan fingerprint density at radius 2 is 1.80 bits per heavy atom. The fourth-order valence-electron chi connectivity index (χ4n) is 1.37. The number of rotatable bonds is 4. The van der Waals surface area contributed by atoms with Crippen LogP contribution in [-0.2, 0) is 0 Å². The highest BCUT2D eigenvalue weighted by Crippen LogP contribution is 2.22. The Morgan fingerprint density at radius 1 is 1.27 bits per heavy atom. The zero-order chi connectivity index (χ0) is 11.5. The fraction of sp³-hybridized carbons (Fsp3) is 0.500. The SMILES string of the molecule is CCOc1ccc(C(N)C(C)(C)N)cc1. The van der Waals surface area contributed by atoms with Crippen molar-refractivity contribution >= 4 is 0 Å². The lowest BCUT2D eigenvalue weighted by Gasteiger charge is -2.27. The van der Waals surface area contributed by atoms with Gasteiger partial charge in [-0.25, -0.2) is 0 Å². The van der Waals surface area contributed by atoms with Gasteiger partial charge in [-0.3, -0.25) is 0 Å². The molecule has 15 heavy (non-hydrogen) atoms. The molecule has 0 bridgehead atoms. The van der Waals surface area contributed by atoms with Gasteiger partial charge in [0.1, 0.15) is 5.75 Å². The number of hydrogen-bond donors (Lipinski definition) is 2. The highest BCUT2D eigenvalue weighted by atomic mass is 16.5. The third-order valence-electron chi connectivity index (χ3n) is 2.35. The third-order valence-corrected chi connectivity index (χ3v) is 2.35. The number of nitrogens with two attached hydrogens (primary N) is 2. The number of hydrogen-bond acceptors (Lipinski definition) is 3. The first-order valence-corrected chi connectivity index (χ1v) is 5.22. The predicted octanol–water partition coefficient (Wildman–Crippen LogP) is 1.82. The Bertz CT molecular complexity index is 300. The Labute approximate surface area is 91.4 Å². The van der Waals surface area contributed by atoms with E-state index in [1.165, 1.54) is 0 Å². The van der Waals surface area contributed by atoms with Crippen molar-refractivity contribution in [3.8, 4) is 5.75 Å². The lowest BCUT2D eigenvalue weighted by molar-refractivity contribution is 0.339. The van der Waals surface area contributed by atoms with Crippen molar-refractivity contribution in [2.75, 3.05) is 6.61 Å². The first-order valence-electron chi connectivity index (χ1n) is 5.22. The molecule has 0 saturated carbocycles. The van der Waals surface area contributed by atoms with Crippen molar-refractivity contribution in [1.29, 1.82) is 0 Å². The van der Waals surface area contributed by atoms with Gasteiger partial charge in [0, 0.05) is 11.6 Å². The van der Waals surface area contributed by atoms with Crippen LogP contribution in [0.3, 0.4) is 0 Å². The van der Waals surface area contributed by atoms with E-state index in [4.69, 9.17) is 16.2 Å². The molecule has 1 unspecified atom stereocenters. The highest BCUT2D eigenvalue weighted by Gasteiger charge is 2.22. The van der Waals surface area contributed by atoms with E-state index in [1.807, 2.05) is 45.0 Å². The van der Waals surface area contributed by atoms with Crippen LogP contribution in [0.1, 0.15) is 32.4 Å². The minimum Gasteiger partial charge on any atom is -0.494 e. The second-order valence-electron chi connectivity index (χ2n) is 4.30. The summed E-state index contributed by atoms with van der Waals surface area (Å²) >= 11 is 0. The molecule has 0 amide bonds. The van der Waals surface area contributed by atoms with E-state index in [2.05, 4.69) is 0 Å². The van der Waals surface area contributed by atoms with Crippen LogP contribution in [0.4, 0.5) is 0 Å². The largest absolute Gasteiger partial charge is 0.494 e. The Morgan fingerprint density at radius 3 is 2.20 bits per heavy atom. The van der Waals surface area contributed by atoms with Gasteiger partial charge in [0.25, 0.3) is 0 Å². The molecule has 0 aromatic heterocycles. The van der Waals surface area contributed by atoms with Gasteiger partial charge in [-0.2, -0.15) is 0 Å². The summed E-state index contributed by atoms with van der Waals surface area (Å²) in [5.74, 6) is 0.864. The fourth-order valence-corrected chi connectivity index (χ4v) is 1.37. The first kappa shape index (κ1) is 12.0. The molecule has 84 valence electrons. The molecule has 0 fully saturated rings. The molecule has 0 aliphatic heterocycles. The van der Waals surface area contributed by atoms with Crippen LogP contribution in [0, 0.1) is 0 Å². The van der Waals surface area contributed by atoms with Gasteiger partial charge in [-0.1, -0.05) is 12.1 Å². The van der Waals surface area contributed by atoms with Crippen LogP contribution in [-0.4, -0.2) is 12.1 Å². The molecule has 0 heterocycles. The minimum absolute atomic E-state index is 0.159. The molecular formula is C12H20N2O. The second-order valence-corrected chi connectivity index (χ2v) is 4.30. The van der Waals surface area contributed by atoms with Crippen molar-refractivity contribution in [2.24, 2.45) is 11.5 Å². The topological polar surface area (TPSA) is 61.3 Å². The molecule has 3 heteroatoms. The quantitative estimate of drug-likeness (QED) is 0.793. The zero-order valence-electron chi connectivity index (χ0n) is 9.66. The molecular weight excluding hydrogens is 188 g/mol. The average Bonchev–Trinajstić information content (AvgIpc) is 2.17. The molecule has 0 spiro atoms. The Hall–Kier alpha value is -1.06. The monoisotopic (exact) mass is 208 g/mol. The highest BCUT2D eigenvalue weighted by molar-refractivity contribution is 5.30. The molecule has 1 aromatic carbocycles. The molecule has 0 saturated heterocycles. The van der Waals surface area contributed by atoms with Gasteiger partial charge in [-0.05, 0) is 38.5 Å². The van der Waals surface area contributed by atoms with Crippen molar-refractivity contribution in [2.45, 2.75) is 32.4 Å². The summed E-state index contributed by atoms with van der Waals surface area (Å²) in [7, 11) is 0. The van der Waals surface area contributed by atoms with Gasteiger partial charge < -0.3 is 16.2 Å². The van der Waals surface area contributed by atoms with Gasteiger partial charge in [-0.15, -0.1) is 0 Å². The molecule has 3 nitrogen and oxygen atoms in total. The van der Waals surface area contributed by atoms with Crippen LogP contribution in [0.5, 0.6) is 5.75 Å². The minimum atomic E-state index is -0.410. The average molecular weight is 208 g/mol. The van der Waals surface area contributed by atoms with E-state index < -0.39 is 5.54 Å². The summed E-state index contributed by atoms with van der Waals surface area (Å²) in [6.07, 6.45) is 0. The van der Waals surface area contributed by atoms with Crippen LogP contribution in [0.15, 0.2) is 24.3 Å². The molecule has 0 aliphatic carbocycles. The smallest absolute Gasteiger partial charge is 0.119 e. The third kappa shape index (κ3) is 3.22. The molecule has 0 radical (unpaired) electrons. The predicted molar refractivity (Wildman–Crippen MR) is 62.8 cm³/mol. The summed E-state index contributed by atoms with van der Waals surface area (Å²) in [6, 6.07) is 7.61. The number of ether oxygens (including phenoxy) is 1. The second kappa shape index (κ2) is 4.64. The van der Waals surface area contributed by atoms with E-state index in [-0.39, 0.29) is 6.04 Å². The Balaban J connectivity index is 2.80. The van der Waals surface area contributed by atoms with Crippen LogP contribution in [0.25, 0.3) is 0 Å². The van der Waals surface area contributed by atoms with Crippen LogP contribution in [0.2, 0.25) is 0 Å². The summed E-state index contributed by atoms with van der Waals surface area (Å²) in [5.41, 5.74) is 12.6. The van der Waals surface area contributed by atoms with Gasteiger partial charge in [0.2, 0.25) is 0 Å². The molecule has 4 N–H and O–H groups in total. The van der Waals surface area contributed by atoms with E-state index in [0.29, 0.717) is 6.61 Å². The standard InChI is InChI=1S/C12H20N2O/c1-4-15-10-7-5-9(6-8-10)11(13)12(2,3)14/h5-8,11H,4,13-14H2,1-3H3. The first-order chi connectivity index (χ1) is 6.95. The molecule has 1 aromatic rings. The maximum Gasteiger partial charge on any atom is 0.119 e. The summed E-state index contributed by atoms with van der Waals surface area (Å²) < 4.78 is 5.35.